The molecule has 0 saturated heterocycles. The number of fused-ring (bicyclic) bond motifs is 1. The van der Waals surface area contributed by atoms with E-state index in [9.17, 15) is 4.79 Å². The summed E-state index contributed by atoms with van der Waals surface area (Å²) in [4.78, 5) is 21.6. The van der Waals surface area contributed by atoms with Crippen molar-refractivity contribution < 1.29 is 4.79 Å². The van der Waals surface area contributed by atoms with E-state index < -0.39 is 0 Å². The molecule has 7 heteroatoms. The second-order valence-corrected chi connectivity index (χ2v) is 6.36. The van der Waals surface area contributed by atoms with Crippen LogP contribution in [0.3, 0.4) is 0 Å². The number of rotatable bonds is 4. The number of carbonyl (C=O) groups excluding carboxylic acids is 1. The molecule has 1 aliphatic heterocycles. The summed E-state index contributed by atoms with van der Waals surface area (Å²) < 4.78 is 0. The van der Waals surface area contributed by atoms with Crippen LogP contribution in [0.2, 0.25) is 0 Å². The highest BCUT2D eigenvalue weighted by molar-refractivity contribution is 5.96. The number of hydrogen-bond acceptors (Lipinski definition) is 5. The van der Waals surface area contributed by atoms with E-state index >= 15 is 0 Å². The van der Waals surface area contributed by atoms with Gasteiger partial charge in [-0.3, -0.25) is 9.89 Å². The summed E-state index contributed by atoms with van der Waals surface area (Å²) in [6.45, 7) is 5.15. The molecule has 0 spiro atoms. The number of aromatic nitrogens is 4. The quantitative estimate of drug-likeness (QED) is 0.673. The molecule has 3 heterocycles. The van der Waals surface area contributed by atoms with Crippen LogP contribution in [0.15, 0.2) is 30.3 Å². The zero-order chi connectivity index (χ0) is 18.1. The van der Waals surface area contributed by atoms with Gasteiger partial charge < -0.3 is 10.6 Å². The Bertz CT molecular complexity index is 944. The van der Waals surface area contributed by atoms with Gasteiger partial charge >= 0.3 is 0 Å². The van der Waals surface area contributed by atoms with Crippen LogP contribution in [0.1, 0.15) is 33.0 Å². The summed E-state index contributed by atoms with van der Waals surface area (Å²) in [6.07, 6.45) is 0.710. The highest BCUT2D eigenvalue weighted by Gasteiger charge is 2.24. The maximum Gasteiger partial charge on any atom is 0.270 e. The monoisotopic (exact) mass is 348 g/mol. The third-order valence-electron chi connectivity index (χ3n) is 4.63. The van der Waals surface area contributed by atoms with E-state index in [2.05, 4.69) is 25.8 Å². The summed E-state index contributed by atoms with van der Waals surface area (Å²) >= 11 is 0. The molecule has 0 bridgehead atoms. The molecular formula is C19H20N6O. The van der Waals surface area contributed by atoms with Gasteiger partial charge in [-0.2, -0.15) is 5.10 Å². The van der Waals surface area contributed by atoms with Crippen molar-refractivity contribution in [2.45, 2.75) is 26.8 Å². The van der Waals surface area contributed by atoms with E-state index in [0.29, 0.717) is 36.8 Å². The molecule has 0 atom stereocenters. The number of hydrogen-bond donors (Lipinski definition) is 3. The molecule has 4 rings (SSSR count). The number of aromatic amines is 1. The number of aryl methyl sites for hydroxylation is 2. The van der Waals surface area contributed by atoms with Gasteiger partial charge in [0.15, 0.2) is 5.82 Å². The predicted molar refractivity (Wildman–Crippen MR) is 98.9 cm³/mol. The zero-order valence-electron chi connectivity index (χ0n) is 14.8. The van der Waals surface area contributed by atoms with Crippen molar-refractivity contribution in [2.75, 3.05) is 11.9 Å². The molecule has 26 heavy (non-hydrogen) atoms. The molecule has 1 aliphatic rings. The van der Waals surface area contributed by atoms with Gasteiger partial charge in [-0.1, -0.05) is 30.3 Å². The summed E-state index contributed by atoms with van der Waals surface area (Å²) in [5, 5.41) is 13.5. The smallest absolute Gasteiger partial charge is 0.270 e. The van der Waals surface area contributed by atoms with E-state index in [-0.39, 0.29) is 5.91 Å². The normalized spacial score (nSPS) is 13.2. The fraction of sp³-hybridized carbons (Fsp3) is 0.263. The molecule has 2 aromatic heterocycles. The van der Waals surface area contributed by atoms with Crippen LogP contribution in [-0.2, 0) is 13.0 Å². The average Bonchev–Trinajstić information content (AvgIpc) is 2.99. The Labute approximate surface area is 151 Å². The van der Waals surface area contributed by atoms with Gasteiger partial charge in [0.2, 0.25) is 0 Å². The lowest BCUT2D eigenvalue weighted by molar-refractivity contribution is 0.0940. The predicted octanol–water partition coefficient (Wildman–Crippen LogP) is 2.38. The molecule has 3 N–H and O–H groups in total. The first-order valence-corrected chi connectivity index (χ1v) is 8.62. The van der Waals surface area contributed by atoms with Crippen molar-refractivity contribution in [3.63, 3.8) is 0 Å². The van der Waals surface area contributed by atoms with E-state index in [1.165, 1.54) is 0 Å². The Morgan fingerprint density at radius 1 is 1.15 bits per heavy atom. The lowest BCUT2D eigenvalue weighted by Crippen LogP contribution is -2.34. The lowest BCUT2D eigenvalue weighted by Gasteiger charge is -2.20. The highest BCUT2D eigenvalue weighted by atomic mass is 16.1. The number of amides is 1. The van der Waals surface area contributed by atoms with Crippen LogP contribution in [0, 0.1) is 13.8 Å². The summed E-state index contributed by atoms with van der Waals surface area (Å²) in [7, 11) is 0. The number of carbonyl (C=O) groups is 1. The molecule has 7 nitrogen and oxygen atoms in total. The van der Waals surface area contributed by atoms with Crippen LogP contribution in [0.25, 0.3) is 11.4 Å². The van der Waals surface area contributed by atoms with Gasteiger partial charge in [-0.15, -0.1) is 0 Å². The van der Waals surface area contributed by atoms with Crippen LogP contribution in [0.5, 0.6) is 0 Å². The summed E-state index contributed by atoms with van der Waals surface area (Å²) in [5.41, 5.74) is 5.30. The first kappa shape index (κ1) is 16.3. The largest absolute Gasteiger partial charge is 0.365 e. The van der Waals surface area contributed by atoms with Gasteiger partial charge in [0.1, 0.15) is 11.5 Å². The van der Waals surface area contributed by atoms with Crippen molar-refractivity contribution in [3.8, 4) is 11.4 Å². The van der Waals surface area contributed by atoms with Gasteiger partial charge in [0, 0.05) is 35.5 Å². The number of benzene rings is 1. The van der Waals surface area contributed by atoms with E-state index in [0.717, 1.165) is 28.1 Å². The van der Waals surface area contributed by atoms with E-state index in [1.807, 2.05) is 44.2 Å². The lowest BCUT2D eigenvalue weighted by atomic mass is 10.1. The Hall–Kier alpha value is -3.22. The maximum absolute atomic E-state index is 12.3. The number of nitrogens with one attached hydrogen (secondary N) is 3. The Kier molecular flexibility index (Phi) is 4.12. The van der Waals surface area contributed by atoms with Gasteiger partial charge in [-0.05, 0) is 20.3 Å². The van der Waals surface area contributed by atoms with Crippen molar-refractivity contribution in [1.29, 1.82) is 0 Å². The minimum absolute atomic E-state index is 0.149. The maximum atomic E-state index is 12.3. The van der Waals surface area contributed by atoms with Crippen molar-refractivity contribution in [3.05, 3.63) is 58.5 Å². The number of H-pyrrole nitrogens is 1. The molecule has 0 fully saturated rings. The molecule has 0 saturated carbocycles. The van der Waals surface area contributed by atoms with Gasteiger partial charge in [0.05, 0.1) is 5.69 Å². The first-order chi connectivity index (χ1) is 12.6. The Morgan fingerprint density at radius 3 is 2.69 bits per heavy atom. The molecule has 0 radical (unpaired) electrons. The van der Waals surface area contributed by atoms with Crippen LogP contribution in [-0.4, -0.2) is 32.6 Å². The fourth-order valence-corrected chi connectivity index (χ4v) is 3.16. The molecular weight excluding hydrogens is 328 g/mol. The molecule has 1 amide bonds. The SMILES string of the molecule is Cc1n[nH]c(C)c1CNc1nc(-c2ccccc2)nc2c1CCNC2=O. The topological polar surface area (TPSA) is 95.6 Å². The number of nitrogens with zero attached hydrogens (tertiary/aromatic N) is 3. The standard InChI is InChI=1S/C19H20N6O/c1-11-15(12(2)25-24-11)10-21-18-14-8-9-20-19(26)16(14)22-17(23-18)13-6-4-3-5-7-13/h3-7H,8-10H2,1-2H3,(H,20,26)(H,24,25)(H,21,22,23). The molecule has 3 aromatic rings. The van der Waals surface area contributed by atoms with Crippen molar-refractivity contribution in [1.82, 2.24) is 25.5 Å². The van der Waals surface area contributed by atoms with Crippen LogP contribution in [0.4, 0.5) is 5.82 Å². The Balaban J connectivity index is 1.75. The minimum atomic E-state index is -0.149. The average molecular weight is 348 g/mol. The van der Waals surface area contributed by atoms with E-state index in [4.69, 9.17) is 4.98 Å². The molecule has 0 unspecified atom stereocenters. The Morgan fingerprint density at radius 2 is 1.96 bits per heavy atom. The third kappa shape index (κ3) is 2.92. The van der Waals surface area contributed by atoms with Crippen molar-refractivity contribution >= 4 is 11.7 Å². The zero-order valence-corrected chi connectivity index (χ0v) is 14.8. The van der Waals surface area contributed by atoms with Gasteiger partial charge in [-0.25, -0.2) is 9.97 Å². The summed E-state index contributed by atoms with van der Waals surface area (Å²) in [6, 6.07) is 9.69. The third-order valence-corrected chi connectivity index (χ3v) is 4.63. The second-order valence-electron chi connectivity index (χ2n) is 6.36. The van der Waals surface area contributed by atoms with Crippen LogP contribution >= 0.6 is 0 Å². The second kappa shape index (κ2) is 6.59. The fourth-order valence-electron chi connectivity index (χ4n) is 3.16. The molecule has 132 valence electrons. The van der Waals surface area contributed by atoms with Crippen molar-refractivity contribution in [2.24, 2.45) is 0 Å². The summed E-state index contributed by atoms with van der Waals surface area (Å²) in [5.74, 6) is 1.11. The molecule has 0 aliphatic carbocycles. The van der Waals surface area contributed by atoms with Crippen LogP contribution < -0.4 is 10.6 Å². The first-order valence-electron chi connectivity index (χ1n) is 8.62. The molecule has 1 aromatic carbocycles. The van der Waals surface area contributed by atoms with Gasteiger partial charge in [0.25, 0.3) is 5.91 Å². The minimum Gasteiger partial charge on any atom is -0.365 e. The highest BCUT2D eigenvalue weighted by Crippen LogP contribution is 2.25. The number of anilines is 1. The van der Waals surface area contributed by atoms with E-state index in [1.54, 1.807) is 0 Å².